The van der Waals surface area contributed by atoms with E-state index in [0.717, 1.165) is 6.42 Å². The van der Waals surface area contributed by atoms with Gasteiger partial charge in [0.05, 0.1) is 6.10 Å². The Hall–Kier alpha value is 0.110. The van der Waals surface area contributed by atoms with E-state index in [4.69, 9.17) is 5.11 Å². The van der Waals surface area contributed by atoms with E-state index in [2.05, 4.69) is 0 Å². The lowest BCUT2D eigenvalue weighted by Gasteiger charge is -1.89. The van der Waals surface area contributed by atoms with Gasteiger partial charge in [-0.2, -0.15) is 0 Å². The molecular weight excluding hydrogens is 112 g/mol. The van der Waals surface area contributed by atoms with E-state index in [1.54, 1.807) is 0 Å². The van der Waals surface area contributed by atoms with Crippen LogP contribution in [0.1, 0.15) is 6.42 Å². The lowest BCUT2D eigenvalue weighted by atomic mass is 10.3. The van der Waals surface area contributed by atoms with Gasteiger partial charge in [-0.1, -0.05) is 0 Å². The summed E-state index contributed by atoms with van der Waals surface area (Å²) < 4.78 is 10.4. The molecule has 7 heavy (non-hydrogen) atoms. The van der Waals surface area contributed by atoms with Gasteiger partial charge in [0, 0.05) is 22.3 Å². The first-order valence-corrected chi connectivity index (χ1v) is 3.81. The van der Waals surface area contributed by atoms with Crippen molar-refractivity contribution < 1.29 is 9.32 Å². The Bertz CT molecular complexity index is 91.7. The Labute approximate surface area is 45.0 Å². The number of rotatable bonds is 0. The quantitative estimate of drug-likeness (QED) is 0.468. The summed E-state index contributed by atoms with van der Waals surface area (Å²) in [5.74, 6) is 1.20. The van der Waals surface area contributed by atoms with Gasteiger partial charge in [0.2, 0.25) is 0 Å². The van der Waals surface area contributed by atoms with Gasteiger partial charge < -0.3 is 5.11 Å². The van der Waals surface area contributed by atoms with Crippen molar-refractivity contribution in [3.8, 4) is 0 Å². The molecule has 1 saturated heterocycles. The maximum absolute atomic E-state index is 10.4. The predicted molar refractivity (Wildman–Crippen MR) is 28.5 cm³/mol. The van der Waals surface area contributed by atoms with Crippen LogP contribution in [0, 0.1) is 0 Å². The summed E-state index contributed by atoms with van der Waals surface area (Å²) in [4.78, 5) is 0. The van der Waals surface area contributed by atoms with Crippen LogP contribution < -0.4 is 0 Å². The van der Waals surface area contributed by atoms with E-state index in [1.165, 1.54) is 0 Å². The molecule has 1 fully saturated rings. The summed E-state index contributed by atoms with van der Waals surface area (Å²) in [6.07, 6.45) is 0.452. The van der Waals surface area contributed by atoms with Gasteiger partial charge in [-0.3, -0.25) is 4.21 Å². The van der Waals surface area contributed by atoms with E-state index in [1.807, 2.05) is 0 Å². The van der Waals surface area contributed by atoms with E-state index in [-0.39, 0.29) is 6.10 Å². The number of hydrogen-bond acceptors (Lipinski definition) is 2. The molecule has 1 aliphatic rings. The zero-order chi connectivity index (χ0) is 5.28. The summed E-state index contributed by atoms with van der Waals surface area (Å²) in [6.45, 7) is 0. The van der Waals surface area contributed by atoms with E-state index < -0.39 is 10.8 Å². The van der Waals surface area contributed by atoms with Crippen molar-refractivity contribution >= 4 is 10.8 Å². The lowest BCUT2D eigenvalue weighted by molar-refractivity contribution is 0.202. The Morgan fingerprint density at radius 3 is 2.57 bits per heavy atom. The molecule has 0 radical (unpaired) electrons. The molecule has 0 aromatic rings. The molecule has 1 heterocycles. The minimum absolute atomic E-state index is 0.277. The Kier molecular flexibility index (Phi) is 1.44. The van der Waals surface area contributed by atoms with Crippen molar-refractivity contribution in [3.63, 3.8) is 0 Å². The van der Waals surface area contributed by atoms with Crippen molar-refractivity contribution in [2.24, 2.45) is 0 Å². The minimum atomic E-state index is -0.703. The molecule has 0 spiro atoms. The van der Waals surface area contributed by atoms with Crippen LogP contribution in [0.5, 0.6) is 0 Å². The molecule has 0 saturated carbocycles. The van der Waals surface area contributed by atoms with Crippen molar-refractivity contribution in [2.45, 2.75) is 12.5 Å². The summed E-state index contributed by atoms with van der Waals surface area (Å²) in [6, 6.07) is 0. The average Bonchev–Trinajstić information content (AvgIpc) is 1.87. The second-order valence-electron chi connectivity index (χ2n) is 1.75. The number of aliphatic hydroxyl groups excluding tert-OH is 1. The van der Waals surface area contributed by atoms with Crippen LogP contribution in [0.15, 0.2) is 0 Å². The molecule has 2 nitrogen and oxygen atoms in total. The van der Waals surface area contributed by atoms with Gasteiger partial charge in [0.15, 0.2) is 0 Å². The normalized spacial score (nSPS) is 41.9. The molecule has 0 aromatic heterocycles. The fraction of sp³-hybridized carbons (Fsp3) is 1.00. The highest BCUT2D eigenvalue weighted by atomic mass is 32.2. The first kappa shape index (κ1) is 5.25. The van der Waals surface area contributed by atoms with Crippen LogP contribution in [0.2, 0.25) is 0 Å². The topological polar surface area (TPSA) is 37.3 Å². The van der Waals surface area contributed by atoms with Gasteiger partial charge >= 0.3 is 0 Å². The predicted octanol–water partition coefficient (Wildman–Crippen LogP) is -0.500. The van der Waals surface area contributed by atoms with Crippen LogP contribution in [0.4, 0.5) is 0 Å². The lowest BCUT2D eigenvalue weighted by Crippen LogP contribution is -2.03. The van der Waals surface area contributed by atoms with E-state index in [0.29, 0.717) is 11.5 Å². The largest absolute Gasteiger partial charge is 0.392 e. The first-order valence-electron chi connectivity index (χ1n) is 2.32. The number of aliphatic hydroxyl groups is 1. The highest BCUT2D eigenvalue weighted by Gasteiger charge is 2.17. The summed E-state index contributed by atoms with van der Waals surface area (Å²) >= 11 is 0. The molecule has 1 rings (SSSR count). The zero-order valence-electron chi connectivity index (χ0n) is 3.96. The molecule has 1 unspecified atom stereocenters. The highest BCUT2D eigenvalue weighted by molar-refractivity contribution is 7.85. The third kappa shape index (κ3) is 1.24. The van der Waals surface area contributed by atoms with E-state index >= 15 is 0 Å². The fourth-order valence-corrected chi connectivity index (χ4v) is 1.95. The molecule has 3 heteroatoms. The third-order valence-electron chi connectivity index (χ3n) is 1.06. The van der Waals surface area contributed by atoms with Gasteiger partial charge in [-0.05, 0) is 6.42 Å². The van der Waals surface area contributed by atoms with Crippen LogP contribution in [0.25, 0.3) is 0 Å². The summed E-state index contributed by atoms with van der Waals surface area (Å²) in [5, 5.41) is 8.71. The van der Waals surface area contributed by atoms with Crippen molar-refractivity contribution in [3.05, 3.63) is 0 Å². The molecule has 0 aliphatic carbocycles. The summed E-state index contributed by atoms with van der Waals surface area (Å²) in [5.41, 5.74) is 0. The fourth-order valence-electron chi connectivity index (χ4n) is 0.649. The molecule has 0 aromatic carbocycles. The summed E-state index contributed by atoms with van der Waals surface area (Å²) in [7, 11) is -0.703. The Morgan fingerprint density at radius 1 is 1.71 bits per heavy atom. The molecule has 1 N–H and O–H groups in total. The van der Waals surface area contributed by atoms with Crippen molar-refractivity contribution in [1.82, 2.24) is 0 Å². The standard InChI is InChI=1S/C4H8O2S/c5-4-1-2-7(6)3-4/h4-5H,1-3H2/t4?,7-/m0/s1. The molecule has 0 bridgehead atoms. The number of hydrogen-bond donors (Lipinski definition) is 1. The third-order valence-corrected chi connectivity index (χ3v) is 2.50. The second-order valence-corrected chi connectivity index (χ2v) is 3.37. The maximum atomic E-state index is 10.4. The molecule has 42 valence electrons. The maximum Gasteiger partial charge on any atom is 0.0664 e. The highest BCUT2D eigenvalue weighted by Crippen LogP contribution is 2.05. The van der Waals surface area contributed by atoms with Gasteiger partial charge in [0.25, 0.3) is 0 Å². The first-order chi connectivity index (χ1) is 3.29. The van der Waals surface area contributed by atoms with Gasteiger partial charge in [-0.15, -0.1) is 0 Å². The molecule has 2 atom stereocenters. The van der Waals surface area contributed by atoms with Crippen LogP contribution in [-0.4, -0.2) is 26.9 Å². The van der Waals surface area contributed by atoms with Crippen molar-refractivity contribution in [2.75, 3.05) is 11.5 Å². The van der Waals surface area contributed by atoms with Gasteiger partial charge in [-0.25, -0.2) is 0 Å². The molecule has 1 aliphatic heterocycles. The Morgan fingerprint density at radius 2 is 2.43 bits per heavy atom. The molecule has 0 amide bonds. The smallest absolute Gasteiger partial charge is 0.0664 e. The monoisotopic (exact) mass is 120 g/mol. The van der Waals surface area contributed by atoms with Crippen LogP contribution in [-0.2, 0) is 10.8 Å². The van der Waals surface area contributed by atoms with E-state index in [9.17, 15) is 4.21 Å². The van der Waals surface area contributed by atoms with Crippen LogP contribution in [0.3, 0.4) is 0 Å². The van der Waals surface area contributed by atoms with Crippen LogP contribution >= 0.6 is 0 Å². The minimum Gasteiger partial charge on any atom is -0.392 e. The zero-order valence-corrected chi connectivity index (χ0v) is 4.78. The SMILES string of the molecule is O=[S@]1CCC(O)C1. The van der Waals surface area contributed by atoms with Crippen molar-refractivity contribution in [1.29, 1.82) is 0 Å². The van der Waals surface area contributed by atoms with Gasteiger partial charge in [0.1, 0.15) is 0 Å². The Balaban J connectivity index is 2.40. The second kappa shape index (κ2) is 1.92. The molecular formula is C4H8O2S. The average molecular weight is 120 g/mol.